The second-order valence-electron chi connectivity index (χ2n) is 9.02. The Bertz CT molecular complexity index is 912. The zero-order chi connectivity index (χ0) is 22.9. The largest absolute Gasteiger partial charge is 0.398 e. The lowest BCUT2D eigenvalue weighted by atomic mass is 10.0. The van der Waals surface area contributed by atoms with Crippen LogP contribution in [0.3, 0.4) is 0 Å². The minimum atomic E-state index is 0.0366. The average molecular weight is 408 g/mol. The van der Waals surface area contributed by atoms with E-state index in [2.05, 4.69) is 70.4 Å². The van der Waals surface area contributed by atoms with Crippen molar-refractivity contribution in [2.45, 2.75) is 46.6 Å². The first-order valence-corrected chi connectivity index (χ1v) is 10.3. The summed E-state index contributed by atoms with van der Waals surface area (Å²) in [5, 5.41) is 11.3. The summed E-state index contributed by atoms with van der Waals surface area (Å²) in [6, 6.07) is 14.4. The Morgan fingerprint density at radius 3 is 2.27 bits per heavy atom. The molecule has 4 nitrogen and oxygen atoms in total. The van der Waals surface area contributed by atoms with E-state index in [9.17, 15) is 0 Å². The van der Waals surface area contributed by atoms with Crippen molar-refractivity contribution in [1.82, 2.24) is 0 Å². The predicted octanol–water partition coefficient (Wildman–Crippen LogP) is 6.13. The second kappa shape index (κ2) is 11.4. The molecule has 2 rings (SSSR count). The van der Waals surface area contributed by atoms with Crippen molar-refractivity contribution >= 4 is 22.5 Å². The van der Waals surface area contributed by atoms with E-state index in [1.165, 1.54) is 5.39 Å². The first-order chi connectivity index (χ1) is 13.9. The molecule has 0 heterocycles. The van der Waals surface area contributed by atoms with Crippen molar-refractivity contribution in [1.29, 1.82) is 5.26 Å². The van der Waals surface area contributed by atoms with Crippen LogP contribution >= 0.6 is 0 Å². The van der Waals surface area contributed by atoms with Crippen LogP contribution in [-0.2, 0) is 4.74 Å². The topological polar surface area (TPSA) is 62.3 Å². The van der Waals surface area contributed by atoms with E-state index in [0.29, 0.717) is 5.57 Å². The first kappa shape index (κ1) is 25.3. The molecule has 0 amide bonds. The number of anilines is 1. The summed E-state index contributed by atoms with van der Waals surface area (Å²) in [4.78, 5) is 2.07. The lowest BCUT2D eigenvalue weighted by molar-refractivity contribution is -0.00774. The van der Waals surface area contributed by atoms with Gasteiger partial charge in [0.1, 0.15) is 6.07 Å². The second-order valence-corrected chi connectivity index (χ2v) is 9.02. The van der Waals surface area contributed by atoms with Gasteiger partial charge < -0.3 is 15.4 Å². The van der Waals surface area contributed by atoms with Gasteiger partial charge in [-0.15, -0.1) is 0 Å². The summed E-state index contributed by atoms with van der Waals surface area (Å²) < 4.78 is 5.54. The lowest BCUT2D eigenvalue weighted by Crippen LogP contribution is -2.20. The number of nitrogens with zero attached hydrogens (tertiary/aromatic N) is 2. The van der Waals surface area contributed by atoms with Crippen LogP contribution in [0.5, 0.6) is 0 Å². The monoisotopic (exact) mass is 407 g/mol. The van der Waals surface area contributed by atoms with Gasteiger partial charge in [-0.2, -0.15) is 5.26 Å². The van der Waals surface area contributed by atoms with E-state index in [4.69, 9.17) is 15.7 Å². The van der Waals surface area contributed by atoms with Crippen LogP contribution in [0.1, 0.15) is 46.6 Å². The zero-order valence-corrected chi connectivity index (χ0v) is 19.6. The van der Waals surface area contributed by atoms with Gasteiger partial charge in [0.25, 0.3) is 0 Å². The normalized spacial score (nSPS) is 11.6. The van der Waals surface area contributed by atoms with Crippen LogP contribution < -0.4 is 10.6 Å². The highest BCUT2D eigenvalue weighted by atomic mass is 16.5. The number of benzene rings is 2. The maximum atomic E-state index is 9.00. The fourth-order valence-electron chi connectivity index (χ4n) is 2.58. The van der Waals surface area contributed by atoms with Gasteiger partial charge in [-0.25, -0.2) is 0 Å². The molecule has 0 aromatic heterocycles. The molecule has 2 aromatic carbocycles. The fraction of sp³-hybridized carbons (Fsp3) is 0.423. The van der Waals surface area contributed by atoms with Gasteiger partial charge in [-0.1, -0.05) is 38.6 Å². The molecule has 0 radical (unpaired) electrons. The Morgan fingerprint density at radius 1 is 1.17 bits per heavy atom. The molecule has 0 aliphatic rings. The van der Waals surface area contributed by atoms with Crippen LogP contribution in [-0.4, -0.2) is 26.3 Å². The highest BCUT2D eigenvalue weighted by molar-refractivity contribution is 5.88. The number of ether oxygens (including phenoxy) is 1. The predicted molar refractivity (Wildman–Crippen MR) is 130 cm³/mol. The van der Waals surface area contributed by atoms with Crippen LogP contribution in [0.25, 0.3) is 16.8 Å². The van der Waals surface area contributed by atoms with Crippen molar-refractivity contribution in [3.05, 3.63) is 59.8 Å². The standard InChI is InChI=1S/C17H17N3.C9H20O/c1-12(19)16(11-18)9-13-4-5-15-10-17(20(2)3)7-6-14(15)8-13;1-8(2)6-7-10-9(3,4)5/h4-10H,1,19H2,2-3H3;8H,6-7H2,1-5H3/b16-9+;. The van der Waals surface area contributed by atoms with Crippen LogP contribution in [0.15, 0.2) is 54.2 Å². The summed E-state index contributed by atoms with van der Waals surface area (Å²) in [5.74, 6) is 0.752. The number of allylic oxidation sites excluding steroid dienone is 1. The summed E-state index contributed by atoms with van der Waals surface area (Å²) in [6.07, 6.45) is 2.92. The molecule has 0 spiro atoms. The molecular weight excluding hydrogens is 370 g/mol. The molecule has 0 saturated carbocycles. The highest BCUT2D eigenvalue weighted by Gasteiger charge is 2.09. The fourth-order valence-corrected chi connectivity index (χ4v) is 2.58. The summed E-state index contributed by atoms with van der Waals surface area (Å²) in [6.45, 7) is 15.2. The number of nitriles is 1. The third-order valence-electron chi connectivity index (χ3n) is 4.37. The lowest BCUT2D eigenvalue weighted by Gasteiger charge is -2.19. The molecule has 4 heteroatoms. The Kier molecular flexibility index (Phi) is 9.62. The van der Waals surface area contributed by atoms with Gasteiger partial charge in [0.05, 0.1) is 11.2 Å². The van der Waals surface area contributed by atoms with E-state index < -0.39 is 0 Å². The number of nitrogens with two attached hydrogens (primary N) is 1. The maximum Gasteiger partial charge on any atom is 0.101 e. The Balaban J connectivity index is 0.000000382. The van der Waals surface area contributed by atoms with Gasteiger partial charge in [0, 0.05) is 32.1 Å². The van der Waals surface area contributed by atoms with Crippen molar-refractivity contribution in [2.24, 2.45) is 11.7 Å². The minimum Gasteiger partial charge on any atom is -0.398 e. The van der Waals surface area contributed by atoms with Crippen LogP contribution in [0.4, 0.5) is 5.69 Å². The molecule has 162 valence electrons. The molecule has 0 fully saturated rings. The summed E-state index contributed by atoms with van der Waals surface area (Å²) in [7, 11) is 4.04. The van der Waals surface area contributed by atoms with E-state index in [1.807, 2.05) is 32.3 Å². The van der Waals surface area contributed by atoms with Gasteiger partial charge in [0.15, 0.2) is 0 Å². The van der Waals surface area contributed by atoms with Crippen LogP contribution in [0.2, 0.25) is 0 Å². The van der Waals surface area contributed by atoms with Crippen molar-refractivity contribution in [3.63, 3.8) is 0 Å². The zero-order valence-electron chi connectivity index (χ0n) is 19.6. The van der Waals surface area contributed by atoms with Gasteiger partial charge in [-0.05, 0) is 73.7 Å². The van der Waals surface area contributed by atoms with Crippen LogP contribution in [0, 0.1) is 17.2 Å². The highest BCUT2D eigenvalue weighted by Crippen LogP contribution is 2.23. The van der Waals surface area contributed by atoms with Crippen molar-refractivity contribution in [3.8, 4) is 6.07 Å². The maximum absolute atomic E-state index is 9.00. The molecule has 0 unspecified atom stereocenters. The molecule has 0 saturated heterocycles. The average Bonchev–Trinajstić information content (AvgIpc) is 2.64. The van der Waals surface area contributed by atoms with Gasteiger partial charge >= 0.3 is 0 Å². The number of rotatable bonds is 6. The van der Waals surface area contributed by atoms with E-state index in [1.54, 1.807) is 6.08 Å². The summed E-state index contributed by atoms with van der Waals surface area (Å²) >= 11 is 0. The van der Waals surface area contributed by atoms with Crippen molar-refractivity contribution < 1.29 is 4.74 Å². The minimum absolute atomic E-state index is 0.0366. The number of hydrogen-bond donors (Lipinski definition) is 1. The molecule has 0 bridgehead atoms. The number of fused-ring (bicyclic) bond motifs is 1. The molecule has 2 N–H and O–H groups in total. The molecule has 0 aliphatic carbocycles. The molecule has 0 aliphatic heterocycles. The molecule has 0 atom stereocenters. The Morgan fingerprint density at radius 2 is 1.77 bits per heavy atom. The van der Waals surface area contributed by atoms with Gasteiger partial charge in [0.2, 0.25) is 0 Å². The smallest absolute Gasteiger partial charge is 0.101 e. The van der Waals surface area contributed by atoms with E-state index in [0.717, 1.165) is 35.6 Å². The third kappa shape index (κ3) is 9.15. The van der Waals surface area contributed by atoms with Gasteiger partial charge in [-0.3, -0.25) is 0 Å². The third-order valence-corrected chi connectivity index (χ3v) is 4.37. The Labute approximate surface area is 182 Å². The summed E-state index contributed by atoms with van der Waals surface area (Å²) in [5.41, 5.74) is 8.40. The molecule has 30 heavy (non-hydrogen) atoms. The van der Waals surface area contributed by atoms with E-state index in [-0.39, 0.29) is 11.3 Å². The van der Waals surface area contributed by atoms with E-state index >= 15 is 0 Å². The quantitative estimate of drug-likeness (QED) is 0.462. The first-order valence-electron chi connectivity index (χ1n) is 10.3. The molecule has 2 aromatic rings. The van der Waals surface area contributed by atoms with Crippen molar-refractivity contribution in [2.75, 3.05) is 25.6 Å². The Hall–Kier alpha value is -2.77. The molecular formula is C26H37N3O. The SMILES string of the molecule is C=C(N)/C(C#N)=C/c1ccc2cc(N(C)C)ccc2c1.CC(C)CCOC(C)(C)C. The number of hydrogen-bond acceptors (Lipinski definition) is 4.